The summed E-state index contributed by atoms with van der Waals surface area (Å²) >= 11 is 0. The first-order valence-corrected chi connectivity index (χ1v) is 5.33. The molecule has 2 rings (SSSR count). The third-order valence-electron chi connectivity index (χ3n) is 2.21. The van der Waals surface area contributed by atoms with Gasteiger partial charge in [0.05, 0.1) is 5.56 Å². The fourth-order valence-electron chi connectivity index (χ4n) is 1.52. The van der Waals surface area contributed by atoms with Crippen LogP contribution in [-0.4, -0.2) is 5.16 Å². The Morgan fingerprint density at radius 1 is 1.12 bits per heavy atom. The normalized spacial score (nSPS) is 11.2. The number of halogens is 3. The summed E-state index contributed by atoms with van der Waals surface area (Å²) in [5, 5.41) is 3.85. The van der Waals surface area contributed by atoms with Gasteiger partial charge in [-0.15, -0.1) is 0 Å². The summed E-state index contributed by atoms with van der Waals surface area (Å²) in [5.74, 6) is 0.402. The van der Waals surface area contributed by atoms with Crippen LogP contribution in [0.5, 0.6) is 0 Å². The molecule has 1 aromatic carbocycles. The molecular weight excluding hydrogens is 231 g/mol. The first-order valence-electron chi connectivity index (χ1n) is 5.33. The topological polar surface area (TPSA) is 26.0 Å². The Bertz CT molecular complexity index is 514. The molecule has 2 aromatic rings. The van der Waals surface area contributed by atoms with E-state index in [2.05, 4.69) is 5.16 Å². The van der Waals surface area contributed by atoms with Crippen LogP contribution in [0, 0.1) is 13.8 Å². The zero-order valence-electron chi connectivity index (χ0n) is 10.1. The lowest BCUT2D eigenvalue weighted by molar-refractivity contribution is -0.136. The summed E-state index contributed by atoms with van der Waals surface area (Å²) in [6, 6.07) is 2.71. The number of aryl methyl sites for hydroxylation is 2. The Labute approximate surface area is 97.4 Å². The van der Waals surface area contributed by atoms with Crippen LogP contribution in [0.2, 0.25) is 0 Å². The Balaban J connectivity index is 0.000000686. The van der Waals surface area contributed by atoms with Crippen molar-refractivity contribution in [3.63, 3.8) is 0 Å². The molecule has 0 aliphatic carbocycles. The highest BCUT2D eigenvalue weighted by molar-refractivity contribution is 5.84. The van der Waals surface area contributed by atoms with Crippen LogP contribution in [0.1, 0.15) is 30.7 Å². The summed E-state index contributed by atoms with van der Waals surface area (Å²) in [5.41, 5.74) is -0.318. The monoisotopic (exact) mass is 245 g/mol. The van der Waals surface area contributed by atoms with E-state index < -0.39 is 11.7 Å². The number of nitrogens with zero attached hydrogens (tertiary/aromatic N) is 1. The predicted octanol–water partition coefficient (Wildman–Crippen LogP) is 4.49. The summed E-state index contributed by atoms with van der Waals surface area (Å²) < 4.78 is 42.6. The largest absolute Gasteiger partial charge is 0.418 e. The van der Waals surface area contributed by atoms with E-state index in [9.17, 15) is 13.2 Å². The van der Waals surface area contributed by atoms with Crippen molar-refractivity contribution in [1.82, 2.24) is 5.16 Å². The summed E-state index contributed by atoms with van der Waals surface area (Å²) in [6.07, 6.45) is -4.40. The lowest BCUT2D eigenvalue weighted by Gasteiger charge is -2.07. The van der Waals surface area contributed by atoms with E-state index in [0.29, 0.717) is 16.7 Å². The highest BCUT2D eigenvalue weighted by Crippen LogP contribution is 2.35. The third kappa shape index (κ3) is 2.60. The maximum atomic E-state index is 12.6. The van der Waals surface area contributed by atoms with Crippen molar-refractivity contribution in [1.29, 1.82) is 0 Å². The van der Waals surface area contributed by atoms with Crippen molar-refractivity contribution < 1.29 is 17.7 Å². The molecule has 0 saturated heterocycles. The van der Waals surface area contributed by atoms with Gasteiger partial charge in [-0.3, -0.25) is 0 Å². The highest BCUT2D eigenvalue weighted by atomic mass is 19.4. The molecule has 17 heavy (non-hydrogen) atoms. The lowest BCUT2D eigenvalue weighted by Crippen LogP contribution is -2.06. The van der Waals surface area contributed by atoms with Gasteiger partial charge in [0.1, 0.15) is 11.3 Å². The van der Waals surface area contributed by atoms with Crippen molar-refractivity contribution in [3.05, 3.63) is 29.0 Å². The van der Waals surface area contributed by atoms with Crippen LogP contribution in [0.25, 0.3) is 10.9 Å². The van der Waals surface area contributed by atoms with Gasteiger partial charge in [-0.1, -0.05) is 19.0 Å². The zero-order chi connectivity index (χ0) is 13.2. The van der Waals surface area contributed by atoms with Gasteiger partial charge in [-0.25, -0.2) is 0 Å². The van der Waals surface area contributed by atoms with Crippen molar-refractivity contribution in [2.75, 3.05) is 0 Å². The average molecular weight is 245 g/mol. The van der Waals surface area contributed by atoms with Gasteiger partial charge in [-0.2, -0.15) is 13.2 Å². The third-order valence-corrected chi connectivity index (χ3v) is 2.21. The van der Waals surface area contributed by atoms with E-state index in [0.717, 1.165) is 6.07 Å². The van der Waals surface area contributed by atoms with Crippen LogP contribution < -0.4 is 0 Å². The molecule has 0 saturated carbocycles. The van der Waals surface area contributed by atoms with Gasteiger partial charge in [0.2, 0.25) is 0 Å². The van der Waals surface area contributed by atoms with Crippen LogP contribution in [0.15, 0.2) is 16.7 Å². The summed E-state index contributed by atoms with van der Waals surface area (Å²) in [4.78, 5) is 0. The number of hydrogen-bond donors (Lipinski definition) is 0. The van der Waals surface area contributed by atoms with E-state index in [4.69, 9.17) is 4.52 Å². The molecule has 0 aliphatic rings. The quantitative estimate of drug-likeness (QED) is 0.683. The summed E-state index contributed by atoms with van der Waals surface area (Å²) in [7, 11) is 0. The number of benzene rings is 1. The summed E-state index contributed by atoms with van der Waals surface area (Å²) in [6.45, 7) is 7.20. The van der Waals surface area contributed by atoms with Gasteiger partial charge in [-0.05, 0) is 31.5 Å². The second kappa shape index (κ2) is 4.77. The lowest BCUT2D eigenvalue weighted by atomic mass is 10.1. The first kappa shape index (κ1) is 13.5. The molecule has 0 atom stereocenters. The fraction of sp³-hybridized carbons (Fsp3) is 0.417. The van der Waals surface area contributed by atoms with Gasteiger partial charge < -0.3 is 4.52 Å². The van der Waals surface area contributed by atoms with E-state index in [1.165, 1.54) is 0 Å². The van der Waals surface area contributed by atoms with Crippen molar-refractivity contribution in [3.8, 4) is 0 Å². The maximum Gasteiger partial charge on any atom is 0.418 e. The van der Waals surface area contributed by atoms with E-state index >= 15 is 0 Å². The minimum atomic E-state index is -4.40. The second-order valence-electron chi connectivity index (χ2n) is 3.45. The molecule has 0 spiro atoms. The van der Waals surface area contributed by atoms with Crippen molar-refractivity contribution >= 4 is 10.9 Å². The maximum absolute atomic E-state index is 12.6. The van der Waals surface area contributed by atoms with Gasteiger partial charge in [0.25, 0.3) is 0 Å². The standard InChI is InChI=1S/C10H8F3NO.C2H6/c1-5-3-7-6(2)15-14-9(7)8(4-5)10(11,12)13;1-2/h3-4H,1-2H3;1-2H3. The number of fused-ring (bicyclic) bond motifs is 1. The Morgan fingerprint density at radius 2 is 1.71 bits per heavy atom. The van der Waals surface area contributed by atoms with Gasteiger partial charge in [0, 0.05) is 5.39 Å². The molecule has 0 amide bonds. The molecule has 1 aromatic heterocycles. The molecule has 0 radical (unpaired) electrons. The van der Waals surface area contributed by atoms with E-state index in [-0.39, 0.29) is 5.52 Å². The van der Waals surface area contributed by atoms with Crippen LogP contribution in [-0.2, 0) is 6.18 Å². The minimum absolute atomic E-state index is 0.120. The molecule has 2 nitrogen and oxygen atoms in total. The zero-order valence-corrected chi connectivity index (χ0v) is 10.1. The van der Waals surface area contributed by atoms with E-state index in [1.807, 2.05) is 13.8 Å². The van der Waals surface area contributed by atoms with Crippen LogP contribution >= 0.6 is 0 Å². The number of hydrogen-bond acceptors (Lipinski definition) is 2. The van der Waals surface area contributed by atoms with Gasteiger partial charge in [0.15, 0.2) is 0 Å². The van der Waals surface area contributed by atoms with Crippen molar-refractivity contribution in [2.45, 2.75) is 33.9 Å². The molecular formula is C12H14F3NO. The molecule has 1 heterocycles. The molecule has 0 fully saturated rings. The number of rotatable bonds is 0. The Morgan fingerprint density at radius 3 is 2.24 bits per heavy atom. The highest BCUT2D eigenvalue weighted by Gasteiger charge is 2.34. The SMILES string of the molecule is CC.Cc1cc(C(F)(F)F)c2noc(C)c2c1. The molecule has 0 bridgehead atoms. The average Bonchev–Trinajstić information content (AvgIpc) is 2.61. The minimum Gasteiger partial charge on any atom is -0.360 e. The second-order valence-corrected chi connectivity index (χ2v) is 3.45. The Hall–Kier alpha value is -1.52. The van der Waals surface area contributed by atoms with E-state index in [1.54, 1.807) is 19.9 Å². The molecule has 0 aliphatic heterocycles. The molecule has 5 heteroatoms. The molecule has 0 N–H and O–H groups in total. The van der Waals surface area contributed by atoms with Crippen LogP contribution in [0.3, 0.4) is 0 Å². The fourth-order valence-corrected chi connectivity index (χ4v) is 1.52. The first-order chi connectivity index (χ1) is 7.89. The van der Waals surface area contributed by atoms with Crippen LogP contribution in [0.4, 0.5) is 13.2 Å². The molecule has 94 valence electrons. The predicted molar refractivity (Wildman–Crippen MR) is 59.8 cm³/mol. The smallest absolute Gasteiger partial charge is 0.360 e. The van der Waals surface area contributed by atoms with Gasteiger partial charge >= 0.3 is 6.18 Å². The van der Waals surface area contributed by atoms with Crippen molar-refractivity contribution in [2.24, 2.45) is 0 Å². The Kier molecular flexibility index (Phi) is 3.80. The number of aromatic nitrogens is 1. The number of alkyl halides is 3. The molecule has 0 unspecified atom stereocenters.